The molecule has 0 fully saturated rings. The maximum absolute atomic E-state index is 12.7. The van der Waals surface area contributed by atoms with Gasteiger partial charge in [0, 0.05) is 11.5 Å². The zero-order valence-corrected chi connectivity index (χ0v) is 14.8. The van der Waals surface area contributed by atoms with Crippen LogP contribution in [0.3, 0.4) is 0 Å². The molecule has 0 aromatic heterocycles. The number of rotatable bonds is 4. The Balaban J connectivity index is 2.25. The molecular weight excluding hydrogens is 380 g/mol. The first-order valence-corrected chi connectivity index (χ1v) is 10.1. The van der Waals surface area contributed by atoms with Gasteiger partial charge in [0.1, 0.15) is 15.5 Å². The van der Waals surface area contributed by atoms with Crippen molar-refractivity contribution >= 4 is 42.3 Å². The topological polar surface area (TPSA) is 147 Å². The van der Waals surface area contributed by atoms with Gasteiger partial charge in [-0.25, -0.2) is 8.42 Å². The van der Waals surface area contributed by atoms with E-state index in [1.165, 1.54) is 12.1 Å². The minimum Gasteiger partial charge on any atom is -0.508 e. The van der Waals surface area contributed by atoms with E-state index in [1.54, 1.807) is 18.2 Å². The fraction of sp³-hybridized carbons (Fsp3) is 0. The summed E-state index contributed by atoms with van der Waals surface area (Å²) in [5.41, 5.74) is 5.14. The summed E-state index contributed by atoms with van der Waals surface area (Å²) in [6, 6.07) is 12.3. The fourth-order valence-electron chi connectivity index (χ4n) is 2.54. The van der Waals surface area contributed by atoms with E-state index in [0.29, 0.717) is 5.39 Å². The van der Waals surface area contributed by atoms with Crippen LogP contribution in [0.15, 0.2) is 64.4 Å². The van der Waals surface area contributed by atoms with Gasteiger partial charge in [0.15, 0.2) is 0 Å². The zero-order chi connectivity index (χ0) is 19.1. The lowest BCUT2D eigenvalue weighted by Crippen LogP contribution is -2.17. The van der Waals surface area contributed by atoms with E-state index in [0.717, 1.165) is 24.3 Å². The van der Waals surface area contributed by atoms with Gasteiger partial charge in [0.25, 0.3) is 20.1 Å². The number of fused-ring (bicyclic) bond motifs is 1. The number of phenols is 1. The maximum atomic E-state index is 12.7. The van der Waals surface area contributed by atoms with Crippen LogP contribution in [0.5, 0.6) is 5.75 Å². The van der Waals surface area contributed by atoms with E-state index in [-0.39, 0.29) is 27.4 Å². The van der Waals surface area contributed by atoms with Crippen molar-refractivity contribution in [1.29, 1.82) is 0 Å². The van der Waals surface area contributed by atoms with Crippen LogP contribution in [-0.2, 0) is 20.1 Å². The molecule has 0 saturated carbocycles. The number of aromatic hydroxyl groups is 1. The normalized spacial score (nSPS) is 12.2. The fourth-order valence-corrected chi connectivity index (χ4v) is 4.48. The molecule has 3 aromatic carbocycles. The van der Waals surface area contributed by atoms with Crippen LogP contribution in [0.2, 0.25) is 0 Å². The predicted octanol–water partition coefficient (Wildman–Crippen LogP) is 2.18. The van der Waals surface area contributed by atoms with Crippen LogP contribution < -0.4 is 10.5 Å². The van der Waals surface area contributed by atoms with Crippen molar-refractivity contribution in [1.82, 2.24) is 0 Å². The highest BCUT2D eigenvalue weighted by Crippen LogP contribution is 2.33. The lowest BCUT2D eigenvalue weighted by atomic mass is 10.1. The van der Waals surface area contributed by atoms with Gasteiger partial charge >= 0.3 is 0 Å². The molecule has 10 heteroatoms. The Hall–Kier alpha value is -2.82. The van der Waals surface area contributed by atoms with Gasteiger partial charge in [-0.15, -0.1) is 0 Å². The molecule has 0 heterocycles. The lowest BCUT2D eigenvalue weighted by molar-refractivity contribution is 0.475. The first-order valence-electron chi connectivity index (χ1n) is 7.20. The summed E-state index contributed by atoms with van der Waals surface area (Å²) in [6.45, 7) is 0. The molecule has 26 heavy (non-hydrogen) atoms. The molecule has 0 spiro atoms. The second-order valence-electron chi connectivity index (χ2n) is 5.46. The zero-order valence-electron chi connectivity index (χ0n) is 13.1. The third-order valence-electron chi connectivity index (χ3n) is 3.69. The van der Waals surface area contributed by atoms with Crippen molar-refractivity contribution in [3.05, 3.63) is 54.6 Å². The van der Waals surface area contributed by atoms with E-state index < -0.39 is 25.0 Å². The van der Waals surface area contributed by atoms with Crippen molar-refractivity contribution in [3.8, 4) is 5.75 Å². The Morgan fingerprint density at radius 2 is 1.54 bits per heavy atom. The summed E-state index contributed by atoms with van der Waals surface area (Å²) in [5, 5.41) is 10.2. The molecule has 0 unspecified atom stereocenters. The van der Waals surface area contributed by atoms with Crippen LogP contribution in [-0.4, -0.2) is 26.5 Å². The quantitative estimate of drug-likeness (QED) is 0.392. The number of anilines is 2. The molecule has 0 aliphatic rings. The number of hydrogen-bond acceptors (Lipinski definition) is 6. The van der Waals surface area contributed by atoms with E-state index in [9.17, 15) is 26.5 Å². The van der Waals surface area contributed by atoms with Crippen LogP contribution in [0.4, 0.5) is 11.4 Å². The van der Waals surface area contributed by atoms with Gasteiger partial charge in [0.2, 0.25) is 0 Å². The number of phenolic OH excluding ortho intramolecular Hbond substituents is 1. The Kier molecular flexibility index (Phi) is 4.26. The molecule has 136 valence electrons. The molecule has 0 radical (unpaired) electrons. The summed E-state index contributed by atoms with van der Waals surface area (Å²) >= 11 is 0. The van der Waals surface area contributed by atoms with Crippen molar-refractivity contribution in [2.24, 2.45) is 0 Å². The smallest absolute Gasteiger partial charge is 0.296 e. The standard InChI is InChI=1S/C16H14N2O6S2/c17-13-9-11(19)6-8-14(13)25(20,21)18-16-12-4-2-1-3-10(12)5-7-15(16)26(22,23)24/h1-9,18-19H,17H2,(H,22,23,24). The SMILES string of the molecule is Nc1cc(O)ccc1S(=O)(=O)Nc1c(S(=O)(=O)O)ccc2ccccc12. The summed E-state index contributed by atoms with van der Waals surface area (Å²) < 4.78 is 60.5. The van der Waals surface area contributed by atoms with Crippen molar-refractivity contribution in [3.63, 3.8) is 0 Å². The van der Waals surface area contributed by atoms with E-state index in [1.807, 2.05) is 0 Å². The van der Waals surface area contributed by atoms with Gasteiger partial charge in [0.05, 0.1) is 11.4 Å². The van der Waals surface area contributed by atoms with Gasteiger partial charge in [-0.2, -0.15) is 8.42 Å². The monoisotopic (exact) mass is 394 g/mol. The Morgan fingerprint density at radius 1 is 0.885 bits per heavy atom. The van der Waals surface area contributed by atoms with Crippen LogP contribution >= 0.6 is 0 Å². The molecule has 0 bridgehead atoms. The van der Waals surface area contributed by atoms with Crippen molar-refractivity contribution in [2.75, 3.05) is 10.5 Å². The average Bonchev–Trinajstić information content (AvgIpc) is 2.53. The van der Waals surface area contributed by atoms with Crippen molar-refractivity contribution < 1.29 is 26.5 Å². The third kappa shape index (κ3) is 3.29. The van der Waals surface area contributed by atoms with E-state index in [2.05, 4.69) is 4.72 Å². The highest BCUT2D eigenvalue weighted by atomic mass is 32.2. The molecular formula is C16H14N2O6S2. The molecule has 3 aromatic rings. The Morgan fingerprint density at radius 3 is 2.19 bits per heavy atom. The van der Waals surface area contributed by atoms with Crippen LogP contribution in [0, 0.1) is 0 Å². The second-order valence-corrected chi connectivity index (χ2v) is 8.50. The lowest BCUT2D eigenvalue weighted by Gasteiger charge is -2.15. The number of hydrogen-bond donors (Lipinski definition) is 4. The van der Waals surface area contributed by atoms with Crippen molar-refractivity contribution in [2.45, 2.75) is 9.79 Å². The number of nitrogens with one attached hydrogen (secondary N) is 1. The van der Waals surface area contributed by atoms with Gasteiger partial charge in [-0.1, -0.05) is 30.3 Å². The van der Waals surface area contributed by atoms with Gasteiger partial charge < -0.3 is 10.8 Å². The van der Waals surface area contributed by atoms with Gasteiger partial charge in [-0.3, -0.25) is 9.27 Å². The molecule has 8 nitrogen and oxygen atoms in total. The first-order chi connectivity index (χ1) is 12.1. The Labute approximate surface area is 149 Å². The summed E-state index contributed by atoms with van der Waals surface area (Å²) in [4.78, 5) is -0.929. The number of nitrogens with two attached hydrogens (primary N) is 1. The van der Waals surface area contributed by atoms with Gasteiger partial charge in [-0.05, 0) is 23.6 Å². The number of nitrogen functional groups attached to an aromatic ring is 1. The number of sulfonamides is 1. The summed E-state index contributed by atoms with van der Waals surface area (Å²) in [7, 11) is -8.99. The molecule has 0 aliphatic carbocycles. The van der Waals surface area contributed by atoms with E-state index >= 15 is 0 Å². The largest absolute Gasteiger partial charge is 0.508 e. The minimum absolute atomic E-state index is 0.217. The Bertz CT molecular complexity index is 1220. The molecule has 5 N–H and O–H groups in total. The summed E-state index contributed by atoms with van der Waals surface area (Å²) in [5.74, 6) is -0.217. The third-order valence-corrected chi connectivity index (χ3v) is 6.01. The highest BCUT2D eigenvalue weighted by Gasteiger charge is 2.24. The number of benzene rings is 3. The van der Waals surface area contributed by atoms with E-state index in [4.69, 9.17) is 5.73 Å². The second kappa shape index (κ2) is 6.16. The maximum Gasteiger partial charge on any atom is 0.296 e. The highest BCUT2D eigenvalue weighted by molar-refractivity contribution is 7.93. The minimum atomic E-state index is -4.69. The first kappa shape index (κ1) is 18.0. The molecule has 0 aliphatic heterocycles. The predicted molar refractivity (Wildman–Crippen MR) is 97.1 cm³/mol. The van der Waals surface area contributed by atoms with Crippen LogP contribution in [0.25, 0.3) is 10.8 Å². The summed E-state index contributed by atoms with van der Waals surface area (Å²) in [6.07, 6.45) is 0. The average molecular weight is 394 g/mol. The molecule has 3 rings (SSSR count). The van der Waals surface area contributed by atoms with Crippen LogP contribution in [0.1, 0.15) is 0 Å². The molecule has 0 amide bonds. The molecule has 0 saturated heterocycles. The molecule has 0 atom stereocenters.